The van der Waals surface area contributed by atoms with Crippen molar-refractivity contribution in [3.05, 3.63) is 0 Å². The van der Waals surface area contributed by atoms with E-state index in [2.05, 4.69) is 11.8 Å². The van der Waals surface area contributed by atoms with Gasteiger partial charge >= 0.3 is 0 Å². The van der Waals surface area contributed by atoms with Crippen LogP contribution in [0, 0.1) is 11.8 Å². The van der Waals surface area contributed by atoms with Gasteiger partial charge in [0.25, 0.3) is 0 Å². The summed E-state index contributed by atoms with van der Waals surface area (Å²) in [6.45, 7) is 5.84. The van der Waals surface area contributed by atoms with Gasteiger partial charge in [-0.25, -0.2) is 0 Å². The van der Waals surface area contributed by atoms with Crippen molar-refractivity contribution in [1.29, 1.82) is 0 Å². The first-order valence-electron chi connectivity index (χ1n) is 8.77. The molecule has 2 aliphatic carbocycles. The molecule has 0 saturated heterocycles. The largest absolute Gasteiger partial charge is 0.329 e. The molecule has 0 radical (unpaired) electrons. The van der Waals surface area contributed by atoms with E-state index in [0.29, 0.717) is 6.04 Å². The van der Waals surface area contributed by atoms with Crippen LogP contribution in [0.5, 0.6) is 0 Å². The standard InChI is InChI=1S/C17H34N2/c1-2-3-4-5-6-7-17(12-18)19(13-15-8-9-15)14-16-10-11-16/h15-17H,2-14,18H2,1H3. The third-order valence-electron chi connectivity index (χ3n) is 4.81. The molecule has 112 valence electrons. The predicted octanol–water partition coefficient (Wildman–Crippen LogP) is 3.80. The maximum atomic E-state index is 6.07. The highest BCUT2D eigenvalue weighted by atomic mass is 15.2. The van der Waals surface area contributed by atoms with Crippen LogP contribution in [-0.2, 0) is 0 Å². The molecule has 0 bridgehead atoms. The normalized spacial score (nSPS) is 21.0. The van der Waals surface area contributed by atoms with E-state index < -0.39 is 0 Å². The van der Waals surface area contributed by atoms with Crippen molar-refractivity contribution in [2.24, 2.45) is 17.6 Å². The Labute approximate surface area is 120 Å². The highest BCUT2D eigenvalue weighted by molar-refractivity contribution is 4.86. The van der Waals surface area contributed by atoms with Crippen molar-refractivity contribution >= 4 is 0 Å². The second-order valence-electron chi connectivity index (χ2n) is 6.93. The summed E-state index contributed by atoms with van der Waals surface area (Å²) in [7, 11) is 0. The van der Waals surface area contributed by atoms with Gasteiger partial charge in [0.2, 0.25) is 0 Å². The van der Waals surface area contributed by atoms with Crippen LogP contribution >= 0.6 is 0 Å². The Hall–Kier alpha value is -0.0800. The molecule has 2 aliphatic rings. The summed E-state index contributed by atoms with van der Waals surface area (Å²) in [4.78, 5) is 2.76. The van der Waals surface area contributed by atoms with Crippen LogP contribution in [0.4, 0.5) is 0 Å². The van der Waals surface area contributed by atoms with E-state index in [9.17, 15) is 0 Å². The smallest absolute Gasteiger partial charge is 0.0218 e. The third kappa shape index (κ3) is 6.27. The van der Waals surface area contributed by atoms with Gasteiger partial charge in [-0.1, -0.05) is 39.0 Å². The number of nitrogens with two attached hydrogens (primary N) is 1. The molecule has 0 heterocycles. The second kappa shape index (κ2) is 8.26. The molecule has 0 aromatic rings. The van der Waals surface area contributed by atoms with E-state index in [1.165, 1.54) is 77.3 Å². The molecule has 1 unspecified atom stereocenters. The van der Waals surface area contributed by atoms with Crippen molar-refractivity contribution in [1.82, 2.24) is 4.90 Å². The summed E-state index contributed by atoms with van der Waals surface area (Å²) >= 11 is 0. The van der Waals surface area contributed by atoms with Gasteiger partial charge in [-0.3, -0.25) is 4.90 Å². The molecule has 0 aliphatic heterocycles. The molecule has 2 rings (SSSR count). The van der Waals surface area contributed by atoms with E-state index in [1.807, 2.05) is 0 Å². The van der Waals surface area contributed by atoms with Gasteiger partial charge in [-0.15, -0.1) is 0 Å². The summed E-state index contributed by atoms with van der Waals surface area (Å²) in [5, 5.41) is 0. The summed E-state index contributed by atoms with van der Waals surface area (Å²) in [6, 6.07) is 0.669. The molecule has 2 N–H and O–H groups in total. The Morgan fingerprint density at radius 2 is 1.53 bits per heavy atom. The van der Waals surface area contributed by atoms with Gasteiger partial charge in [0.1, 0.15) is 0 Å². The zero-order valence-electron chi connectivity index (χ0n) is 12.9. The third-order valence-corrected chi connectivity index (χ3v) is 4.81. The average Bonchev–Trinajstić information content (AvgIpc) is 3.29. The predicted molar refractivity (Wildman–Crippen MR) is 83.2 cm³/mol. The Morgan fingerprint density at radius 1 is 0.947 bits per heavy atom. The van der Waals surface area contributed by atoms with E-state index in [-0.39, 0.29) is 0 Å². The fraction of sp³-hybridized carbons (Fsp3) is 1.00. The van der Waals surface area contributed by atoms with Crippen LogP contribution in [0.3, 0.4) is 0 Å². The SMILES string of the molecule is CCCCCCCC(CN)N(CC1CC1)CC1CC1. The first-order valence-corrected chi connectivity index (χ1v) is 8.77. The molecule has 0 aromatic carbocycles. The van der Waals surface area contributed by atoms with E-state index in [1.54, 1.807) is 0 Å². The Bertz CT molecular complexity index is 219. The van der Waals surface area contributed by atoms with E-state index in [0.717, 1.165) is 18.4 Å². The first-order chi connectivity index (χ1) is 9.33. The van der Waals surface area contributed by atoms with Crippen LogP contribution in [0.25, 0.3) is 0 Å². The fourth-order valence-corrected chi connectivity index (χ4v) is 3.07. The molecule has 2 fully saturated rings. The number of hydrogen-bond donors (Lipinski definition) is 1. The summed E-state index contributed by atoms with van der Waals surface area (Å²) in [6.07, 6.45) is 14.2. The summed E-state index contributed by atoms with van der Waals surface area (Å²) < 4.78 is 0. The first kappa shape index (κ1) is 15.3. The van der Waals surface area contributed by atoms with Gasteiger partial charge < -0.3 is 5.73 Å². The lowest BCUT2D eigenvalue weighted by Crippen LogP contribution is -2.43. The van der Waals surface area contributed by atoms with Crippen LogP contribution in [0.15, 0.2) is 0 Å². The number of unbranched alkanes of at least 4 members (excludes halogenated alkanes) is 4. The highest BCUT2D eigenvalue weighted by Gasteiger charge is 2.31. The fourth-order valence-electron chi connectivity index (χ4n) is 3.07. The molecule has 2 nitrogen and oxygen atoms in total. The van der Waals surface area contributed by atoms with Gasteiger partial charge in [0.15, 0.2) is 0 Å². The van der Waals surface area contributed by atoms with Crippen LogP contribution in [0.2, 0.25) is 0 Å². The van der Waals surface area contributed by atoms with Crippen molar-refractivity contribution in [3.63, 3.8) is 0 Å². The van der Waals surface area contributed by atoms with Gasteiger partial charge in [0, 0.05) is 25.7 Å². The van der Waals surface area contributed by atoms with Crippen molar-refractivity contribution in [3.8, 4) is 0 Å². The number of hydrogen-bond acceptors (Lipinski definition) is 2. The Morgan fingerprint density at radius 3 is 2.00 bits per heavy atom. The summed E-state index contributed by atoms with van der Waals surface area (Å²) in [5.74, 6) is 2.01. The minimum absolute atomic E-state index is 0.669. The molecule has 19 heavy (non-hydrogen) atoms. The number of rotatable bonds is 12. The lowest BCUT2D eigenvalue weighted by molar-refractivity contribution is 0.172. The quantitative estimate of drug-likeness (QED) is 0.544. The van der Waals surface area contributed by atoms with Crippen molar-refractivity contribution in [2.45, 2.75) is 77.2 Å². The van der Waals surface area contributed by atoms with Crippen molar-refractivity contribution < 1.29 is 0 Å². The lowest BCUT2D eigenvalue weighted by Gasteiger charge is -2.31. The number of nitrogens with zero attached hydrogens (tertiary/aromatic N) is 1. The zero-order chi connectivity index (χ0) is 13.5. The minimum Gasteiger partial charge on any atom is -0.329 e. The Balaban J connectivity index is 1.67. The summed E-state index contributed by atoms with van der Waals surface area (Å²) in [5.41, 5.74) is 6.07. The molecular formula is C17H34N2. The molecule has 0 spiro atoms. The minimum atomic E-state index is 0.669. The second-order valence-corrected chi connectivity index (χ2v) is 6.93. The van der Waals surface area contributed by atoms with E-state index >= 15 is 0 Å². The molecule has 2 saturated carbocycles. The zero-order valence-corrected chi connectivity index (χ0v) is 12.9. The Kier molecular flexibility index (Phi) is 6.66. The van der Waals surface area contributed by atoms with Crippen LogP contribution in [0.1, 0.15) is 71.1 Å². The van der Waals surface area contributed by atoms with E-state index in [4.69, 9.17) is 5.73 Å². The molecule has 0 amide bonds. The van der Waals surface area contributed by atoms with Gasteiger partial charge in [-0.2, -0.15) is 0 Å². The van der Waals surface area contributed by atoms with Crippen LogP contribution < -0.4 is 5.73 Å². The average molecular weight is 266 g/mol. The molecular weight excluding hydrogens is 232 g/mol. The maximum Gasteiger partial charge on any atom is 0.0218 e. The van der Waals surface area contributed by atoms with Crippen molar-refractivity contribution in [2.75, 3.05) is 19.6 Å². The molecule has 2 heteroatoms. The monoisotopic (exact) mass is 266 g/mol. The highest BCUT2D eigenvalue weighted by Crippen LogP contribution is 2.34. The topological polar surface area (TPSA) is 29.3 Å². The van der Waals surface area contributed by atoms with Crippen LogP contribution in [-0.4, -0.2) is 30.6 Å². The molecule has 1 atom stereocenters. The van der Waals surface area contributed by atoms with Gasteiger partial charge in [0.05, 0.1) is 0 Å². The maximum absolute atomic E-state index is 6.07. The lowest BCUT2D eigenvalue weighted by atomic mass is 10.0. The molecule has 0 aromatic heterocycles. The van der Waals surface area contributed by atoms with Gasteiger partial charge in [-0.05, 0) is 43.9 Å².